The molecule has 3 heteroatoms. The fraction of sp³-hybridized carbons (Fsp3) is 0.294. The van der Waals surface area contributed by atoms with E-state index in [0.29, 0.717) is 6.54 Å². The first-order chi connectivity index (χ1) is 9.52. The first kappa shape index (κ1) is 14.5. The average Bonchev–Trinajstić information content (AvgIpc) is 2.38. The lowest BCUT2D eigenvalue weighted by Crippen LogP contribution is -2.16. The van der Waals surface area contributed by atoms with Crippen LogP contribution in [0.2, 0.25) is 0 Å². The topological polar surface area (TPSA) is 15.3 Å². The average molecular weight is 272 g/mol. The van der Waals surface area contributed by atoms with Crippen LogP contribution in [0, 0.1) is 19.7 Å². The van der Waals surface area contributed by atoms with Gasteiger partial charge in [-0.1, -0.05) is 17.7 Å². The van der Waals surface area contributed by atoms with Crippen LogP contribution in [-0.2, 0) is 6.54 Å². The maximum atomic E-state index is 13.4. The molecule has 0 saturated heterocycles. The molecule has 0 aliphatic carbocycles. The number of nitrogens with one attached hydrogen (secondary N) is 1. The van der Waals surface area contributed by atoms with Gasteiger partial charge in [0.2, 0.25) is 0 Å². The Morgan fingerprint density at radius 2 is 1.75 bits per heavy atom. The van der Waals surface area contributed by atoms with E-state index in [1.807, 2.05) is 20.2 Å². The van der Waals surface area contributed by atoms with Gasteiger partial charge in [0, 0.05) is 25.0 Å². The Bertz CT molecular complexity index is 608. The summed E-state index contributed by atoms with van der Waals surface area (Å²) in [5, 5.41) is 3.09. The summed E-state index contributed by atoms with van der Waals surface area (Å²) in [4.78, 5) is 2.11. The Hall–Kier alpha value is -1.87. The fourth-order valence-electron chi connectivity index (χ4n) is 2.52. The van der Waals surface area contributed by atoms with E-state index in [4.69, 9.17) is 0 Å². The molecule has 0 aromatic heterocycles. The van der Waals surface area contributed by atoms with Crippen LogP contribution in [0.25, 0.3) is 0 Å². The van der Waals surface area contributed by atoms with Gasteiger partial charge in [-0.05, 0) is 56.3 Å². The van der Waals surface area contributed by atoms with E-state index < -0.39 is 0 Å². The summed E-state index contributed by atoms with van der Waals surface area (Å²) in [6.45, 7) is 4.82. The summed E-state index contributed by atoms with van der Waals surface area (Å²) in [5.41, 5.74) is 5.57. The number of rotatable bonds is 4. The van der Waals surface area contributed by atoms with Crippen LogP contribution < -0.4 is 10.2 Å². The highest BCUT2D eigenvalue weighted by Crippen LogP contribution is 2.30. The lowest BCUT2D eigenvalue weighted by atomic mass is 10.1. The molecule has 0 bridgehead atoms. The first-order valence-electron chi connectivity index (χ1n) is 6.77. The molecule has 106 valence electrons. The van der Waals surface area contributed by atoms with Gasteiger partial charge >= 0.3 is 0 Å². The minimum absolute atomic E-state index is 0.201. The number of anilines is 2. The van der Waals surface area contributed by atoms with E-state index in [0.717, 1.165) is 16.9 Å². The van der Waals surface area contributed by atoms with Crippen LogP contribution in [0.4, 0.5) is 15.8 Å². The molecule has 1 N–H and O–H groups in total. The molecule has 2 aromatic rings. The Morgan fingerprint density at radius 1 is 1.05 bits per heavy atom. The standard InChI is InChI=1S/C17H21FN2/c1-12-5-7-16(13(2)9-12)20(4)17-8-6-15(18)10-14(17)11-19-3/h5-10,19H,11H2,1-4H3. The molecule has 2 rings (SSSR count). The normalized spacial score (nSPS) is 10.7. The summed E-state index contributed by atoms with van der Waals surface area (Å²) in [5.74, 6) is -0.201. The van der Waals surface area contributed by atoms with E-state index in [1.165, 1.54) is 17.2 Å². The monoisotopic (exact) mass is 272 g/mol. The second kappa shape index (κ2) is 6.06. The second-order valence-electron chi connectivity index (χ2n) is 5.15. The number of hydrogen-bond acceptors (Lipinski definition) is 2. The first-order valence-corrected chi connectivity index (χ1v) is 6.77. The van der Waals surface area contributed by atoms with Crippen LogP contribution in [0.5, 0.6) is 0 Å². The Labute approximate surface area is 120 Å². The van der Waals surface area contributed by atoms with Crippen molar-refractivity contribution in [3.8, 4) is 0 Å². The second-order valence-corrected chi connectivity index (χ2v) is 5.15. The summed E-state index contributed by atoms with van der Waals surface area (Å²) >= 11 is 0. The lowest BCUT2D eigenvalue weighted by Gasteiger charge is -2.24. The smallest absolute Gasteiger partial charge is 0.123 e. The number of hydrogen-bond donors (Lipinski definition) is 1. The number of aryl methyl sites for hydroxylation is 2. The van der Waals surface area contributed by atoms with E-state index in [2.05, 4.69) is 42.3 Å². The molecular formula is C17H21FN2. The number of benzene rings is 2. The molecule has 0 spiro atoms. The highest BCUT2D eigenvalue weighted by Gasteiger charge is 2.12. The maximum Gasteiger partial charge on any atom is 0.123 e. The molecule has 0 saturated carbocycles. The Balaban J connectivity index is 2.44. The summed E-state index contributed by atoms with van der Waals surface area (Å²) in [6.07, 6.45) is 0. The minimum Gasteiger partial charge on any atom is -0.344 e. The van der Waals surface area contributed by atoms with Crippen molar-refractivity contribution < 1.29 is 4.39 Å². The van der Waals surface area contributed by atoms with Crippen LogP contribution in [0.1, 0.15) is 16.7 Å². The minimum atomic E-state index is -0.201. The van der Waals surface area contributed by atoms with Crippen LogP contribution >= 0.6 is 0 Å². The molecule has 0 fully saturated rings. The summed E-state index contributed by atoms with van der Waals surface area (Å²) < 4.78 is 13.4. The third-order valence-corrected chi connectivity index (χ3v) is 3.48. The van der Waals surface area contributed by atoms with Crippen molar-refractivity contribution in [1.82, 2.24) is 5.32 Å². The maximum absolute atomic E-state index is 13.4. The predicted molar refractivity (Wildman–Crippen MR) is 83.1 cm³/mol. The summed E-state index contributed by atoms with van der Waals surface area (Å²) in [6, 6.07) is 11.3. The van der Waals surface area contributed by atoms with Gasteiger partial charge in [0.05, 0.1) is 0 Å². The van der Waals surface area contributed by atoms with Crippen molar-refractivity contribution in [2.75, 3.05) is 19.0 Å². The van der Waals surface area contributed by atoms with Gasteiger partial charge in [-0.2, -0.15) is 0 Å². The van der Waals surface area contributed by atoms with E-state index in [1.54, 1.807) is 6.07 Å². The molecule has 0 amide bonds. The number of halogens is 1. The molecule has 20 heavy (non-hydrogen) atoms. The molecule has 0 aliphatic heterocycles. The molecule has 0 aliphatic rings. The zero-order valence-electron chi connectivity index (χ0n) is 12.5. The Morgan fingerprint density at radius 3 is 2.40 bits per heavy atom. The predicted octanol–water partition coefficient (Wildman–Crippen LogP) is 3.93. The molecule has 0 unspecified atom stereocenters. The zero-order valence-corrected chi connectivity index (χ0v) is 12.5. The van der Waals surface area contributed by atoms with Crippen molar-refractivity contribution in [1.29, 1.82) is 0 Å². The van der Waals surface area contributed by atoms with Gasteiger partial charge < -0.3 is 10.2 Å². The van der Waals surface area contributed by atoms with E-state index in [-0.39, 0.29) is 5.82 Å². The lowest BCUT2D eigenvalue weighted by molar-refractivity contribution is 0.624. The number of nitrogens with zero attached hydrogens (tertiary/aromatic N) is 1. The summed E-state index contributed by atoms with van der Waals surface area (Å²) in [7, 11) is 3.88. The van der Waals surface area contributed by atoms with Gasteiger partial charge in [0.1, 0.15) is 5.82 Å². The quantitative estimate of drug-likeness (QED) is 0.907. The highest BCUT2D eigenvalue weighted by atomic mass is 19.1. The largest absolute Gasteiger partial charge is 0.344 e. The highest BCUT2D eigenvalue weighted by molar-refractivity contribution is 5.68. The van der Waals surface area contributed by atoms with Gasteiger partial charge in [-0.25, -0.2) is 4.39 Å². The van der Waals surface area contributed by atoms with Crippen molar-refractivity contribution in [3.63, 3.8) is 0 Å². The van der Waals surface area contributed by atoms with Crippen molar-refractivity contribution in [2.24, 2.45) is 0 Å². The van der Waals surface area contributed by atoms with Crippen LogP contribution in [0.3, 0.4) is 0 Å². The van der Waals surface area contributed by atoms with Crippen molar-refractivity contribution in [3.05, 3.63) is 58.9 Å². The van der Waals surface area contributed by atoms with Gasteiger partial charge in [-0.3, -0.25) is 0 Å². The van der Waals surface area contributed by atoms with E-state index in [9.17, 15) is 4.39 Å². The molecule has 2 nitrogen and oxygen atoms in total. The molecule has 0 heterocycles. The van der Waals surface area contributed by atoms with Gasteiger partial charge in [0.15, 0.2) is 0 Å². The van der Waals surface area contributed by atoms with Gasteiger partial charge in [0.25, 0.3) is 0 Å². The van der Waals surface area contributed by atoms with E-state index >= 15 is 0 Å². The zero-order chi connectivity index (χ0) is 14.7. The molecule has 2 aromatic carbocycles. The molecular weight excluding hydrogens is 251 g/mol. The molecule has 0 atom stereocenters. The van der Waals surface area contributed by atoms with Gasteiger partial charge in [-0.15, -0.1) is 0 Å². The fourth-order valence-corrected chi connectivity index (χ4v) is 2.52. The Kier molecular flexibility index (Phi) is 4.40. The SMILES string of the molecule is CNCc1cc(F)ccc1N(C)c1ccc(C)cc1C. The van der Waals surface area contributed by atoms with Crippen molar-refractivity contribution in [2.45, 2.75) is 20.4 Å². The third-order valence-electron chi connectivity index (χ3n) is 3.48. The van der Waals surface area contributed by atoms with Crippen LogP contribution in [0.15, 0.2) is 36.4 Å². The van der Waals surface area contributed by atoms with Crippen LogP contribution in [-0.4, -0.2) is 14.1 Å². The molecule has 0 radical (unpaired) electrons. The third kappa shape index (κ3) is 2.99. The van der Waals surface area contributed by atoms with Crippen molar-refractivity contribution >= 4 is 11.4 Å².